The Bertz CT molecular complexity index is 413. The zero-order valence-electron chi connectivity index (χ0n) is 22.1. The van der Waals surface area contributed by atoms with Gasteiger partial charge in [-0.1, -0.05) is 90.4 Å². The first-order valence-corrected chi connectivity index (χ1v) is 15.4. The minimum absolute atomic E-state index is 0.648. The summed E-state index contributed by atoms with van der Waals surface area (Å²) in [5.74, 6) is 0.922. The lowest BCUT2D eigenvalue weighted by atomic mass is 10.0. The Kier molecular flexibility index (Phi) is 19.1. The molecule has 4 nitrogen and oxygen atoms in total. The molecule has 0 N–H and O–H groups in total. The number of carbonyl (C=O) groups excluding carboxylic acids is 1. The summed E-state index contributed by atoms with van der Waals surface area (Å²) in [7, 11) is 5.23. The van der Waals surface area contributed by atoms with Crippen molar-refractivity contribution in [2.24, 2.45) is 0 Å². The number of nitrogens with zero attached hydrogens (tertiary/aromatic N) is 1. The predicted octanol–water partition coefficient (Wildman–Crippen LogP) is 7.22. The van der Waals surface area contributed by atoms with Crippen molar-refractivity contribution in [3.63, 3.8) is 0 Å². The number of quaternary nitrogens is 1. The van der Waals surface area contributed by atoms with Crippen LogP contribution in [0.2, 0.25) is 6.04 Å². The zero-order valence-corrected chi connectivity index (χ0v) is 23.1. The van der Waals surface area contributed by atoms with E-state index >= 15 is 0 Å². The molecule has 1 unspecified atom stereocenters. The highest BCUT2D eigenvalue weighted by atomic mass is 28.4. The quantitative estimate of drug-likeness (QED) is 0.0701. The van der Waals surface area contributed by atoms with E-state index in [1.165, 1.54) is 96.3 Å². The van der Waals surface area contributed by atoms with Gasteiger partial charge in [-0.3, -0.25) is 0 Å². The fourth-order valence-electron chi connectivity index (χ4n) is 4.38. The molecular formula is C26H56NO3Si+. The molecule has 0 rings (SSSR count). The molecule has 0 aliphatic carbocycles. The second kappa shape index (κ2) is 19.3. The van der Waals surface area contributed by atoms with Crippen LogP contribution in [-0.2, 0) is 13.6 Å². The van der Waals surface area contributed by atoms with Gasteiger partial charge in [-0.15, -0.1) is 0 Å². The van der Waals surface area contributed by atoms with E-state index in [-0.39, 0.29) is 0 Å². The van der Waals surface area contributed by atoms with Gasteiger partial charge in [0.15, 0.2) is 5.91 Å². The molecule has 0 radical (unpaired) electrons. The molecule has 186 valence electrons. The van der Waals surface area contributed by atoms with Gasteiger partial charge in [0.1, 0.15) is 0 Å². The Labute approximate surface area is 196 Å². The maximum absolute atomic E-state index is 11.3. The topological polar surface area (TPSA) is 35.5 Å². The Hall–Kier alpha value is -0.233. The van der Waals surface area contributed by atoms with Crippen LogP contribution >= 0.6 is 0 Å². The summed E-state index contributed by atoms with van der Waals surface area (Å²) >= 11 is 0. The molecule has 0 aliphatic rings. The van der Waals surface area contributed by atoms with Gasteiger partial charge in [-0.05, 0) is 26.2 Å². The van der Waals surface area contributed by atoms with Crippen LogP contribution in [0.1, 0.15) is 117 Å². The molecular weight excluding hydrogens is 402 g/mol. The Balaban J connectivity index is 3.68. The average molecular weight is 459 g/mol. The third kappa shape index (κ3) is 15.3. The summed E-state index contributed by atoms with van der Waals surface area (Å²) in [5.41, 5.74) is 0. The standard InChI is InChI=1S/C26H56NO3Si/c1-7-8-9-10-11-12-13-14-15-16-17-18-19-20-22-26(2)27(3,4)23-21-24-31(25-28,29-5)30-6/h25-26H,7-24H2,1-6H3/q+1. The van der Waals surface area contributed by atoms with Crippen LogP contribution < -0.4 is 0 Å². The van der Waals surface area contributed by atoms with E-state index in [9.17, 15) is 4.79 Å². The van der Waals surface area contributed by atoms with Crippen molar-refractivity contribution < 1.29 is 18.1 Å². The molecule has 0 aromatic rings. The van der Waals surface area contributed by atoms with Crippen molar-refractivity contribution in [2.75, 3.05) is 34.9 Å². The van der Waals surface area contributed by atoms with Gasteiger partial charge in [0.25, 0.3) is 0 Å². The molecule has 5 heteroatoms. The second-order valence-corrected chi connectivity index (χ2v) is 13.4. The largest absolute Gasteiger partial charge is 0.406 e. The van der Waals surface area contributed by atoms with E-state index in [4.69, 9.17) is 8.85 Å². The monoisotopic (exact) mass is 458 g/mol. The molecule has 0 fully saturated rings. The van der Waals surface area contributed by atoms with Gasteiger partial charge < -0.3 is 18.1 Å². The van der Waals surface area contributed by atoms with Crippen molar-refractivity contribution in [1.82, 2.24) is 0 Å². The normalized spacial score (nSPS) is 13.5. The van der Waals surface area contributed by atoms with Crippen LogP contribution in [0, 0.1) is 0 Å². The van der Waals surface area contributed by atoms with Crippen LogP contribution in [0.4, 0.5) is 0 Å². The summed E-state index contributed by atoms with van der Waals surface area (Å²) < 4.78 is 11.8. The molecule has 0 bridgehead atoms. The van der Waals surface area contributed by atoms with Gasteiger partial charge in [0.2, 0.25) is 0 Å². The average Bonchev–Trinajstić information content (AvgIpc) is 2.77. The van der Waals surface area contributed by atoms with Crippen LogP contribution in [0.25, 0.3) is 0 Å². The van der Waals surface area contributed by atoms with Crippen LogP contribution in [0.3, 0.4) is 0 Å². The zero-order chi connectivity index (χ0) is 23.4. The minimum atomic E-state index is -2.60. The highest BCUT2D eigenvalue weighted by molar-refractivity contribution is 6.91. The molecule has 0 aliphatic heterocycles. The first-order valence-electron chi connectivity index (χ1n) is 13.3. The number of rotatable bonds is 23. The summed E-state index contributed by atoms with van der Waals surface area (Å²) in [5, 5.41) is 0. The summed E-state index contributed by atoms with van der Waals surface area (Å²) in [6.45, 7) is 5.73. The molecule has 0 amide bonds. The number of carbonyl (C=O) groups is 1. The van der Waals surface area contributed by atoms with Crippen molar-refractivity contribution in [3.05, 3.63) is 0 Å². The second-order valence-electron chi connectivity index (χ2n) is 10.2. The minimum Gasteiger partial charge on any atom is -0.393 e. The first-order chi connectivity index (χ1) is 14.9. The maximum Gasteiger partial charge on any atom is 0.406 e. The SMILES string of the molecule is CCCCCCCCCCCCCCCCC(C)[N+](C)(C)CCC[Si](C=O)(OC)OC. The molecule has 0 saturated heterocycles. The molecule has 0 aromatic carbocycles. The van der Waals surface area contributed by atoms with Crippen molar-refractivity contribution in [3.8, 4) is 0 Å². The van der Waals surface area contributed by atoms with Crippen LogP contribution in [0.15, 0.2) is 0 Å². The smallest absolute Gasteiger partial charge is 0.393 e. The Morgan fingerprint density at radius 1 is 0.742 bits per heavy atom. The van der Waals surface area contributed by atoms with E-state index in [0.29, 0.717) is 6.04 Å². The summed E-state index contributed by atoms with van der Waals surface area (Å²) in [6, 6.07) is 1.39. The lowest BCUT2D eigenvalue weighted by Gasteiger charge is -2.37. The third-order valence-electron chi connectivity index (χ3n) is 7.30. The van der Waals surface area contributed by atoms with Crippen molar-refractivity contribution >= 4 is 14.5 Å². The van der Waals surface area contributed by atoms with Gasteiger partial charge in [-0.25, -0.2) is 0 Å². The lowest BCUT2D eigenvalue weighted by molar-refractivity contribution is -0.913. The van der Waals surface area contributed by atoms with Gasteiger partial charge >= 0.3 is 8.56 Å². The van der Waals surface area contributed by atoms with E-state index < -0.39 is 8.56 Å². The maximum atomic E-state index is 11.3. The molecule has 0 heterocycles. The van der Waals surface area contributed by atoms with Gasteiger partial charge in [0, 0.05) is 20.3 Å². The predicted molar refractivity (Wildman–Crippen MR) is 137 cm³/mol. The first kappa shape index (κ1) is 30.8. The van der Waals surface area contributed by atoms with Gasteiger partial charge in [0.05, 0.1) is 26.7 Å². The third-order valence-corrected chi connectivity index (χ3v) is 10.1. The van der Waals surface area contributed by atoms with Crippen molar-refractivity contribution in [1.29, 1.82) is 0 Å². The van der Waals surface area contributed by atoms with E-state index in [0.717, 1.165) is 29.4 Å². The molecule has 1 atom stereocenters. The fraction of sp³-hybridized carbons (Fsp3) is 0.962. The summed E-state index contributed by atoms with van der Waals surface area (Å²) in [4.78, 5) is 11.3. The molecule has 0 saturated carbocycles. The van der Waals surface area contributed by atoms with Crippen LogP contribution in [0.5, 0.6) is 0 Å². The lowest BCUT2D eigenvalue weighted by Crippen LogP contribution is -2.49. The highest BCUT2D eigenvalue weighted by Gasteiger charge is 2.36. The Morgan fingerprint density at radius 3 is 1.55 bits per heavy atom. The fourth-order valence-corrected chi connectivity index (χ4v) is 5.92. The number of unbranched alkanes of at least 4 members (excludes halogenated alkanes) is 13. The molecule has 0 spiro atoms. The Morgan fingerprint density at radius 2 is 1.16 bits per heavy atom. The van der Waals surface area contributed by atoms with Crippen molar-refractivity contribution in [2.45, 2.75) is 129 Å². The summed E-state index contributed by atoms with van der Waals surface area (Å²) in [6.07, 6.45) is 22.1. The van der Waals surface area contributed by atoms with E-state index in [2.05, 4.69) is 27.9 Å². The number of hydrogen-bond donors (Lipinski definition) is 0. The molecule has 0 aromatic heterocycles. The van der Waals surface area contributed by atoms with E-state index in [1.54, 1.807) is 14.2 Å². The number of hydrogen-bond acceptors (Lipinski definition) is 3. The van der Waals surface area contributed by atoms with Gasteiger partial charge in [-0.2, -0.15) is 0 Å². The molecule has 31 heavy (non-hydrogen) atoms. The van der Waals surface area contributed by atoms with Crippen LogP contribution in [-0.4, -0.2) is 59.9 Å². The van der Waals surface area contributed by atoms with E-state index in [1.807, 2.05) is 0 Å². The highest BCUT2D eigenvalue weighted by Crippen LogP contribution is 2.19.